The molecule has 0 heterocycles. The van der Waals surface area contributed by atoms with Crippen molar-refractivity contribution in [1.82, 2.24) is 0 Å². The first-order valence-electron chi connectivity index (χ1n) is 16.0. The maximum Gasteiger partial charge on any atom is 0.294 e. The van der Waals surface area contributed by atoms with E-state index in [9.17, 15) is 13.0 Å². The molecule has 0 saturated carbocycles. The highest BCUT2D eigenvalue weighted by atomic mass is 32.2. The fourth-order valence-electron chi connectivity index (χ4n) is 5.69. The molecule has 0 aliphatic rings. The van der Waals surface area contributed by atoms with E-state index in [1.54, 1.807) is 6.07 Å². The van der Waals surface area contributed by atoms with Gasteiger partial charge >= 0.3 is 0 Å². The standard InChI is InChI=1S/C34H56O3S/c1-3-5-7-9-11-13-15-17-19-21-23-30-25-26-31-27-28-32(38(35,36)37)29-34(31)33(30)24-22-20-18-16-14-12-10-8-6-4-2/h25-29H,3-24H2,1-2H3,(H,35,36,37). The van der Waals surface area contributed by atoms with Crippen LogP contribution < -0.4 is 0 Å². The van der Waals surface area contributed by atoms with E-state index in [1.165, 1.54) is 139 Å². The average molecular weight is 545 g/mol. The van der Waals surface area contributed by atoms with Crippen molar-refractivity contribution in [3.05, 3.63) is 41.5 Å². The van der Waals surface area contributed by atoms with E-state index in [0.29, 0.717) is 0 Å². The maximum absolute atomic E-state index is 11.8. The van der Waals surface area contributed by atoms with Gasteiger partial charge in [-0.05, 0) is 59.7 Å². The summed E-state index contributed by atoms with van der Waals surface area (Å²) < 4.78 is 33.3. The molecule has 38 heavy (non-hydrogen) atoms. The third-order valence-corrected chi connectivity index (χ3v) is 8.93. The van der Waals surface area contributed by atoms with Crippen molar-refractivity contribution in [2.24, 2.45) is 0 Å². The maximum atomic E-state index is 11.8. The molecule has 216 valence electrons. The number of rotatable bonds is 23. The highest BCUT2D eigenvalue weighted by molar-refractivity contribution is 7.85. The fraction of sp³-hybridized carbons (Fsp3) is 0.706. The molecule has 0 saturated heterocycles. The molecule has 0 fully saturated rings. The molecular formula is C34H56O3S. The van der Waals surface area contributed by atoms with E-state index in [4.69, 9.17) is 0 Å². The summed E-state index contributed by atoms with van der Waals surface area (Å²) in [6.45, 7) is 4.54. The van der Waals surface area contributed by atoms with E-state index in [-0.39, 0.29) is 4.90 Å². The van der Waals surface area contributed by atoms with Crippen molar-refractivity contribution < 1.29 is 13.0 Å². The monoisotopic (exact) mass is 544 g/mol. The molecule has 0 amide bonds. The third kappa shape index (κ3) is 13.1. The Labute approximate surface area is 235 Å². The Kier molecular flexibility index (Phi) is 17.0. The van der Waals surface area contributed by atoms with Crippen LogP contribution in [0.15, 0.2) is 35.2 Å². The first-order valence-corrected chi connectivity index (χ1v) is 17.4. The molecule has 0 bridgehead atoms. The zero-order valence-corrected chi connectivity index (χ0v) is 25.4. The van der Waals surface area contributed by atoms with Crippen molar-refractivity contribution >= 4 is 20.9 Å². The Hall–Kier alpha value is -1.39. The molecule has 4 heteroatoms. The first-order chi connectivity index (χ1) is 18.5. The van der Waals surface area contributed by atoms with Gasteiger partial charge in [0.1, 0.15) is 0 Å². The van der Waals surface area contributed by atoms with E-state index >= 15 is 0 Å². The van der Waals surface area contributed by atoms with Crippen LogP contribution in [-0.4, -0.2) is 13.0 Å². The molecule has 0 atom stereocenters. The van der Waals surface area contributed by atoms with Gasteiger partial charge in [0.25, 0.3) is 10.1 Å². The second-order valence-corrected chi connectivity index (χ2v) is 12.8. The largest absolute Gasteiger partial charge is 0.294 e. The molecule has 1 N–H and O–H groups in total. The van der Waals surface area contributed by atoms with Crippen LogP contribution in [0.25, 0.3) is 10.8 Å². The minimum Gasteiger partial charge on any atom is -0.282 e. The molecule has 0 radical (unpaired) electrons. The predicted molar refractivity (Wildman–Crippen MR) is 165 cm³/mol. The van der Waals surface area contributed by atoms with E-state index < -0.39 is 10.1 Å². The minimum atomic E-state index is -4.21. The summed E-state index contributed by atoms with van der Waals surface area (Å²) >= 11 is 0. The molecule has 0 spiro atoms. The minimum absolute atomic E-state index is 0.00501. The first kappa shape index (κ1) is 32.8. The average Bonchev–Trinajstić information content (AvgIpc) is 2.90. The van der Waals surface area contributed by atoms with Crippen molar-refractivity contribution in [2.75, 3.05) is 0 Å². The Morgan fingerprint density at radius 3 is 1.45 bits per heavy atom. The highest BCUT2D eigenvalue weighted by Crippen LogP contribution is 2.29. The second kappa shape index (κ2) is 19.6. The van der Waals surface area contributed by atoms with Crippen LogP contribution in [0.3, 0.4) is 0 Å². The lowest BCUT2D eigenvalue weighted by molar-refractivity contribution is 0.483. The van der Waals surface area contributed by atoms with Crippen LogP contribution in [-0.2, 0) is 23.0 Å². The number of hydrogen-bond acceptors (Lipinski definition) is 2. The molecule has 2 aromatic rings. The normalized spacial score (nSPS) is 12.0. The van der Waals surface area contributed by atoms with Gasteiger partial charge in [0.2, 0.25) is 0 Å². The molecule has 0 aliphatic carbocycles. The molecule has 2 aromatic carbocycles. The SMILES string of the molecule is CCCCCCCCCCCCc1ccc2ccc(S(=O)(=O)O)cc2c1CCCCCCCCCCCC. The second-order valence-electron chi connectivity index (χ2n) is 11.4. The lowest BCUT2D eigenvalue weighted by atomic mass is 9.91. The lowest BCUT2D eigenvalue weighted by Gasteiger charge is -2.14. The number of fused-ring (bicyclic) bond motifs is 1. The van der Waals surface area contributed by atoms with E-state index in [2.05, 4.69) is 26.0 Å². The Morgan fingerprint density at radius 2 is 0.974 bits per heavy atom. The van der Waals surface area contributed by atoms with Crippen molar-refractivity contribution in [2.45, 2.75) is 160 Å². The zero-order valence-electron chi connectivity index (χ0n) is 24.6. The molecule has 0 unspecified atom stereocenters. The highest BCUT2D eigenvalue weighted by Gasteiger charge is 2.14. The fourth-order valence-corrected chi connectivity index (χ4v) is 6.19. The van der Waals surface area contributed by atoms with Gasteiger partial charge in [-0.3, -0.25) is 4.55 Å². The smallest absolute Gasteiger partial charge is 0.282 e. The summed E-state index contributed by atoms with van der Waals surface area (Å²) in [4.78, 5) is 0.00501. The zero-order chi connectivity index (χ0) is 27.5. The third-order valence-electron chi connectivity index (χ3n) is 8.08. The Morgan fingerprint density at radius 1 is 0.553 bits per heavy atom. The van der Waals surface area contributed by atoms with Gasteiger partial charge in [-0.1, -0.05) is 148 Å². The molecular weight excluding hydrogens is 488 g/mol. The molecule has 3 nitrogen and oxygen atoms in total. The van der Waals surface area contributed by atoms with Gasteiger partial charge in [-0.15, -0.1) is 0 Å². The number of hydrogen-bond donors (Lipinski definition) is 1. The lowest BCUT2D eigenvalue weighted by Crippen LogP contribution is -2.01. The summed E-state index contributed by atoms with van der Waals surface area (Å²) in [7, 11) is -4.21. The topological polar surface area (TPSA) is 54.4 Å². The summed E-state index contributed by atoms with van der Waals surface area (Å²) in [6.07, 6.45) is 28.4. The van der Waals surface area contributed by atoms with Gasteiger partial charge in [0, 0.05) is 0 Å². The Balaban J connectivity index is 1.90. The van der Waals surface area contributed by atoms with Crippen molar-refractivity contribution in [3.63, 3.8) is 0 Å². The van der Waals surface area contributed by atoms with Gasteiger partial charge in [-0.25, -0.2) is 0 Å². The van der Waals surface area contributed by atoms with Crippen LogP contribution in [0.4, 0.5) is 0 Å². The summed E-state index contributed by atoms with van der Waals surface area (Å²) in [5, 5.41) is 2.06. The van der Waals surface area contributed by atoms with Crippen LogP contribution in [0, 0.1) is 0 Å². The van der Waals surface area contributed by atoms with E-state index in [1.807, 2.05) is 6.07 Å². The molecule has 0 aromatic heterocycles. The van der Waals surface area contributed by atoms with Crippen LogP contribution in [0.5, 0.6) is 0 Å². The van der Waals surface area contributed by atoms with Gasteiger partial charge < -0.3 is 0 Å². The van der Waals surface area contributed by atoms with Gasteiger partial charge in [0.05, 0.1) is 4.90 Å². The Bertz CT molecular complexity index is 996. The van der Waals surface area contributed by atoms with Gasteiger partial charge in [0.15, 0.2) is 0 Å². The summed E-state index contributed by atoms with van der Waals surface area (Å²) in [5.74, 6) is 0. The number of aryl methyl sites for hydroxylation is 2. The summed E-state index contributed by atoms with van der Waals surface area (Å²) in [5.41, 5.74) is 2.66. The molecule has 2 rings (SSSR count). The van der Waals surface area contributed by atoms with Crippen molar-refractivity contribution in [1.29, 1.82) is 0 Å². The predicted octanol–water partition coefficient (Wildman–Crippen LogP) is 11.0. The molecule has 0 aliphatic heterocycles. The van der Waals surface area contributed by atoms with Crippen LogP contribution in [0.1, 0.15) is 153 Å². The van der Waals surface area contributed by atoms with Crippen LogP contribution >= 0.6 is 0 Å². The summed E-state index contributed by atoms with van der Waals surface area (Å²) in [6, 6.07) is 9.43. The number of benzene rings is 2. The van der Waals surface area contributed by atoms with E-state index in [0.717, 1.165) is 30.0 Å². The van der Waals surface area contributed by atoms with Crippen LogP contribution in [0.2, 0.25) is 0 Å². The van der Waals surface area contributed by atoms with Crippen molar-refractivity contribution in [3.8, 4) is 0 Å². The number of unbranched alkanes of at least 4 members (excludes halogenated alkanes) is 18. The van der Waals surface area contributed by atoms with Gasteiger partial charge in [-0.2, -0.15) is 8.42 Å². The quantitative estimate of drug-likeness (QED) is 0.112.